The Hall–Kier alpha value is -0.680. The van der Waals surface area contributed by atoms with E-state index < -0.39 is 0 Å². The quantitative estimate of drug-likeness (QED) is 0.690. The Morgan fingerprint density at radius 1 is 1.24 bits per heavy atom. The lowest BCUT2D eigenvalue weighted by Gasteiger charge is -2.17. The fourth-order valence-corrected chi connectivity index (χ4v) is 2.33. The van der Waals surface area contributed by atoms with Crippen molar-refractivity contribution in [3.63, 3.8) is 0 Å². The van der Waals surface area contributed by atoms with Crippen molar-refractivity contribution >= 4 is 16.7 Å². The summed E-state index contributed by atoms with van der Waals surface area (Å²) in [6.45, 7) is 11.0. The van der Waals surface area contributed by atoms with Gasteiger partial charge in [-0.05, 0) is 32.5 Å². The third kappa shape index (κ3) is 5.46. The van der Waals surface area contributed by atoms with Gasteiger partial charge in [0.05, 0.1) is 0 Å². The minimum Gasteiger partial charge on any atom is -0.360 e. The van der Waals surface area contributed by atoms with E-state index in [-0.39, 0.29) is 0 Å². The van der Waals surface area contributed by atoms with Gasteiger partial charge in [-0.3, -0.25) is 0 Å². The summed E-state index contributed by atoms with van der Waals surface area (Å²) in [6, 6.07) is 0. The first-order valence-corrected chi connectivity index (χ1v) is 7.36. The predicted octanol–water partition coefficient (Wildman–Crippen LogP) is 2.63. The van der Waals surface area contributed by atoms with Gasteiger partial charge in [0, 0.05) is 24.5 Å². The number of anilines is 1. The molecule has 1 N–H and O–H groups in total. The molecule has 0 aliphatic heterocycles. The molecule has 1 aromatic heterocycles. The summed E-state index contributed by atoms with van der Waals surface area (Å²) >= 11 is 1.47. The molecular formula is C12H24N4S. The van der Waals surface area contributed by atoms with Gasteiger partial charge in [0.1, 0.15) is 5.82 Å². The van der Waals surface area contributed by atoms with Gasteiger partial charge < -0.3 is 10.2 Å². The molecule has 0 aliphatic carbocycles. The Balaban J connectivity index is 2.17. The summed E-state index contributed by atoms with van der Waals surface area (Å²) in [5.74, 6) is 0.976. The maximum atomic E-state index is 4.44. The molecule has 1 heterocycles. The molecule has 0 saturated carbocycles. The summed E-state index contributed by atoms with van der Waals surface area (Å²) in [5, 5.41) is 4.31. The van der Waals surface area contributed by atoms with Gasteiger partial charge in [-0.25, -0.2) is 4.98 Å². The van der Waals surface area contributed by atoms with E-state index in [1.165, 1.54) is 11.5 Å². The number of aromatic nitrogens is 2. The van der Waals surface area contributed by atoms with E-state index in [0.29, 0.717) is 0 Å². The lowest BCUT2D eigenvalue weighted by molar-refractivity contribution is 0.303. The lowest BCUT2D eigenvalue weighted by atomic mass is 10.3. The van der Waals surface area contributed by atoms with E-state index in [0.717, 1.165) is 56.4 Å². The van der Waals surface area contributed by atoms with E-state index in [1.807, 2.05) is 0 Å². The number of hydrogen-bond acceptors (Lipinski definition) is 5. The maximum Gasteiger partial charge on any atom is 0.202 e. The van der Waals surface area contributed by atoms with Crippen LogP contribution in [0.15, 0.2) is 0 Å². The summed E-state index contributed by atoms with van der Waals surface area (Å²) in [7, 11) is 0. The molecule has 1 aromatic rings. The van der Waals surface area contributed by atoms with E-state index in [1.54, 1.807) is 0 Å². The van der Waals surface area contributed by atoms with E-state index in [9.17, 15) is 0 Å². The average Bonchev–Trinajstić information content (AvgIpc) is 2.78. The van der Waals surface area contributed by atoms with E-state index >= 15 is 0 Å². The fraction of sp³-hybridized carbons (Fsp3) is 0.833. The lowest BCUT2D eigenvalue weighted by Crippen LogP contribution is -2.25. The highest BCUT2D eigenvalue weighted by Gasteiger charge is 2.02. The molecule has 0 aliphatic rings. The minimum absolute atomic E-state index is 0.966. The Morgan fingerprint density at radius 2 is 2.00 bits per heavy atom. The van der Waals surface area contributed by atoms with Gasteiger partial charge >= 0.3 is 0 Å². The molecule has 0 unspecified atom stereocenters. The first-order valence-electron chi connectivity index (χ1n) is 6.58. The van der Waals surface area contributed by atoms with Crippen LogP contribution >= 0.6 is 11.5 Å². The largest absolute Gasteiger partial charge is 0.360 e. The number of aryl methyl sites for hydroxylation is 1. The minimum atomic E-state index is 0.966. The zero-order valence-electron chi connectivity index (χ0n) is 11.2. The molecule has 0 atom stereocenters. The predicted molar refractivity (Wildman–Crippen MR) is 74.8 cm³/mol. The molecule has 17 heavy (non-hydrogen) atoms. The number of hydrogen-bond donors (Lipinski definition) is 1. The van der Waals surface area contributed by atoms with Crippen LogP contribution in [0.5, 0.6) is 0 Å². The molecule has 5 heteroatoms. The maximum absolute atomic E-state index is 4.44. The molecule has 0 saturated heterocycles. The third-order valence-electron chi connectivity index (χ3n) is 2.76. The highest BCUT2D eigenvalue weighted by Crippen LogP contribution is 2.11. The zero-order chi connectivity index (χ0) is 12.5. The molecule has 0 fully saturated rings. The first kappa shape index (κ1) is 14.4. The molecule has 0 spiro atoms. The number of rotatable bonds is 9. The van der Waals surface area contributed by atoms with Gasteiger partial charge in [0.15, 0.2) is 0 Å². The number of nitrogens with zero attached hydrogens (tertiary/aromatic N) is 3. The van der Waals surface area contributed by atoms with Crippen LogP contribution < -0.4 is 5.32 Å². The van der Waals surface area contributed by atoms with Crippen LogP contribution in [0.2, 0.25) is 0 Å². The summed E-state index contributed by atoms with van der Waals surface area (Å²) in [6.07, 6.45) is 3.25. The zero-order valence-corrected chi connectivity index (χ0v) is 12.0. The van der Waals surface area contributed by atoms with Crippen molar-refractivity contribution in [3.05, 3.63) is 5.82 Å². The summed E-state index contributed by atoms with van der Waals surface area (Å²) < 4.78 is 4.31. The van der Waals surface area contributed by atoms with Crippen LogP contribution in [-0.4, -0.2) is 40.4 Å². The second-order valence-electron chi connectivity index (χ2n) is 4.07. The standard InChI is InChI=1S/C12H24N4S/c1-4-8-11-14-12(17-15-11)13-9-7-10-16(5-2)6-3/h4-10H2,1-3H3,(H,13,14,15). The SMILES string of the molecule is CCCc1nsc(NCCCN(CC)CC)n1. The van der Waals surface area contributed by atoms with Crippen LogP contribution in [0.1, 0.15) is 39.4 Å². The Labute approximate surface area is 109 Å². The topological polar surface area (TPSA) is 41.1 Å². The number of nitrogens with one attached hydrogen (secondary N) is 1. The molecule has 1 rings (SSSR count). The third-order valence-corrected chi connectivity index (χ3v) is 3.47. The molecule has 4 nitrogen and oxygen atoms in total. The van der Waals surface area contributed by atoms with Crippen molar-refractivity contribution in [2.24, 2.45) is 0 Å². The molecule has 0 bridgehead atoms. The Bertz CT molecular complexity index is 296. The normalized spacial score (nSPS) is 11.1. The van der Waals surface area contributed by atoms with Gasteiger partial charge in [-0.1, -0.05) is 20.8 Å². The molecular weight excluding hydrogens is 232 g/mol. The summed E-state index contributed by atoms with van der Waals surface area (Å²) in [5.41, 5.74) is 0. The first-order chi connectivity index (χ1) is 8.30. The highest BCUT2D eigenvalue weighted by molar-refractivity contribution is 7.09. The Morgan fingerprint density at radius 3 is 2.65 bits per heavy atom. The van der Waals surface area contributed by atoms with Crippen molar-refractivity contribution in [1.82, 2.24) is 14.3 Å². The molecule has 0 aromatic carbocycles. The van der Waals surface area contributed by atoms with Crippen LogP contribution in [0.3, 0.4) is 0 Å². The smallest absolute Gasteiger partial charge is 0.202 e. The van der Waals surface area contributed by atoms with Gasteiger partial charge in [0.25, 0.3) is 0 Å². The van der Waals surface area contributed by atoms with Crippen LogP contribution in [0.25, 0.3) is 0 Å². The van der Waals surface area contributed by atoms with Crippen molar-refractivity contribution < 1.29 is 0 Å². The van der Waals surface area contributed by atoms with Crippen LogP contribution in [0.4, 0.5) is 5.13 Å². The molecule has 0 radical (unpaired) electrons. The van der Waals surface area contributed by atoms with E-state index in [4.69, 9.17) is 0 Å². The van der Waals surface area contributed by atoms with Gasteiger partial charge in [-0.2, -0.15) is 4.37 Å². The molecule has 98 valence electrons. The highest BCUT2D eigenvalue weighted by atomic mass is 32.1. The second kappa shape index (κ2) is 8.42. The molecule has 0 amide bonds. The van der Waals surface area contributed by atoms with Crippen molar-refractivity contribution in [2.45, 2.75) is 40.0 Å². The second-order valence-corrected chi connectivity index (χ2v) is 4.82. The van der Waals surface area contributed by atoms with Gasteiger partial charge in [0.2, 0.25) is 5.13 Å². The average molecular weight is 256 g/mol. The Kier molecular flexibility index (Phi) is 7.12. The van der Waals surface area contributed by atoms with Gasteiger partial charge in [-0.15, -0.1) is 0 Å². The summed E-state index contributed by atoms with van der Waals surface area (Å²) in [4.78, 5) is 6.87. The van der Waals surface area contributed by atoms with Crippen LogP contribution in [0, 0.1) is 0 Å². The monoisotopic (exact) mass is 256 g/mol. The van der Waals surface area contributed by atoms with E-state index in [2.05, 4.69) is 40.3 Å². The van der Waals surface area contributed by atoms with Crippen molar-refractivity contribution in [3.8, 4) is 0 Å². The fourth-order valence-electron chi connectivity index (χ4n) is 1.69. The van der Waals surface area contributed by atoms with Crippen molar-refractivity contribution in [2.75, 3.05) is 31.5 Å². The van der Waals surface area contributed by atoms with Crippen molar-refractivity contribution in [1.29, 1.82) is 0 Å². The van der Waals surface area contributed by atoms with Crippen LogP contribution in [-0.2, 0) is 6.42 Å².